The summed E-state index contributed by atoms with van der Waals surface area (Å²) in [6, 6.07) is 44.0. The van der Waals surface area contributed by atoms with Crippen LogP contribution in [0.5, 0.6) is 0 Å². The molecule has 1 nitrogen and oxygen atoms in total. The average Bonchev–Trinajstić information content (AvgIpc) is 3.07. The maximum atomic E-state index is 13.6. The molecule has 0 unspecified atom stereocenters. The first-order valence-corrected chi connectivity index (χ1v) is 14.9. The lowest BCUT2D eigenvalue weighted by Crippen LogP contribution is -2.09. The fraction of sp³-hybridized carbons (Fsp3) is 0. The molecule has 0 bridgehead atoms. The van der Waals surface area contributed by atoms with E-state index in [0.29, 0.717) is 0 Å². The van der Waals surface area contributed by atoms with Crippen LogP contribution in [0.15, 0.2) is 146 Å². The summed E-state index contributed by atoms with van der Waals surface area (Å²) in [6.07, 6.45) is 11.6. The summed E-state index contributed by atoms with van der Waals surface area (Å²) >= 11 is 0. The molecule has 0 aliphatic rings. The van der Waals surface area contributed by atoms with Crippen molar-refractivity contribution < 1.29 is 13.2 Å². The van der Waals surface area contributed by atoms with Gasteiger partial charge in [-0.3, -0.25) is 0 Å². The lowest BCUT2D eigenvalue weighted by atomic mass is 10.1. The van der Waals surface area contributed by atoms with E-state index in [1.807, 2.05) is 91.1 Å². The topological polar surface area (TPSA) is 3.24 Å². The molecule has 46 heavy (non-hydrogen) atoms. The minimum absolute atomic E-state index is 0.265. The molecule has 6 aromatic rings. The second-order valence-electron chi connectivity index (χ2n) is 10.8. The smallest absolute Gasteiger partial charge is 0.123 e. The number of nitrogens with zero attached hydrogens (tertiary/aromatic N) is 1. The molecule has 0 fully saturated rings. The summed E-state index contributed by atoms with van der Waals surface area (Å²) in [6.45, 7) is 0. The quantitative estimate of drug-likeness (QED) is 0.148. The molecule has 0 atom stereocenters. The van der Waals surface area contributed by atoms with Crippen molar-refractivity contribution in [3.8, 4) is 0 Å². The average molecular weight is 606 g/mol. The van der Waals surface area contributed by atoms with Crippen molar-refractivity contribution in [1.29, 1.82) is 0 Å². The largest absolute Gasteiger partial charge is 0.311 e. The summed E-state index contributed by atoms with van der Waals surface area (Å²) in [5.41, 5.74) is 8.25. The maximum Gasteiger partial charge on any atom is 0.123 e. The van der Waals surface area contributed by atoms with Crippen LogP contribution >= 0.6 is 0 Å². The van der Waals surface area contributed by atoms with E-state index < -0.39 is 0 Å². The van der Waals surface area contributed by atoms with E-state index >= 15 is 0 Å². The second kappa shape index (κ2) is 14.3. The molecule has 0 aromatic heterocycles. The molecule has 0 radical (unpaired) electrons. The van der Waals surface area contributed by atoms with Crippen molar-refractivity contribution in [3.63, 3.8) is 0 Å². The van der Waals surface area contributed by atoms with Crippen molar-refractivity contribution in [2.75, 3.05) is 4.90 Å². The van der Waals surface area contributed by atoms with Gasteiger partial charge in [0.15, 0.2) is 0 Å². The molecule has 0 saturated carbocycles. The fourth-order valence-corrected chi connectivity index (χ4v) is 5.06. The van der Waals surface area contributed by atoms with E-state index in [0.717, 1.165) is 50.4 Å². The lowest BCUT2D eigenvalue weighted by molar-refractivity contribution is 0.627. The summed E-state index contributed by atoms with van der Waals surface area (Å²) in [4.78, 5) is 2.17. The summed E-state index contributed by atoms with van der Waals surface area (Å²) in [5.74, 6) is -0.794. The molecule has 224 valence electrons. The van der Waals surface area contributed by atoms with Gasteiger partial charge in [-0.2, -0.15) is 0 Å². The maximum absolute atomic E-state index is 13.6. The SMILES string of the molecule is Fc1cccc(C=Cc2ccc(N(c3ccc(C=Cc4cccc(F)c4)cc3)c3ccc(C=Cc4cccc(F)c4)cc3)cc2)c1. The van der Waals surface area contributed by atoms with Crippen molar-refractivity contribution in [3.05, 3.63) is 196 Å². The van der Waals surface area contributed by atoms with Crippen molar-refractivity contribution in [2.45, 2.75) is 0 Å². The van der Waals surface area contributed by atoms with Gasteiger partial charge in [0.2, 0.25) is 0 Å². The van der Waals surface area contributed by atoms with Gasteiger partial charge in [0, 0.05) is 17.1 Å². The zero-order valence-corrected chi connectivity index (χ0v) is 24.9. The van der Waals surface area contributed by atoms with Gasteiger partial charge in [-0.05, 0) is 106 Å². The molecule has 0 saturated heterocycles. The highest BCUT2D eigenvalue weighted by Gasteiger charge is 2.12. The first-order chi connectivity index (χ1) is 22.5. The van der Waals surface area contributed by atoms with Crippen LogP contribution < -0.4 is 4.90 Å². The molecule has 4 heteroatoms. The predicted octanol–water partition coefficient (Wildman–Crippen LogP) is 12.1. The number of hydrogen-bond acceptors (Lipinski definition) is 1. The lowest BCUT2D eigenvalue weighted by Gasteiger charge is -2.26. The third kappa shape index (κ3) is 7.99. The van der Waals surface area contributed by atoms with E-state index in [4.69, 9.17) is 0 Å². The number of benzene rings is 6. The van der Waals surface area contributed by atoms with Gasteiger partial charge in [0.1, 0.15) is 17.5 Å². The Morgan fingerprint density at radius 3 is 0.826 bits per heavy atom. The third-order valence-electron chi connectivity index (χ3n) is 7.40. The Balaban J connectivity index is 1.28. The zero-order valence-electron chi connectivity index (χ0n) is 24.9. The van der Waals surface area contributed by atoms with Crippen molar-refractivity contribution in [2.24, 2.45) is 0 Å². The Morgan fingerprint density at radius 2 is 0.565 bits per heavy atom. The molecule has 0 amide bonds. The van der Waals surface area contributed by atoms with E-state index in [9.17, 15) is 13.2 Å². The number of rotatable bonds is 9. The van der Waals surface area contributed by atoms with Crippen LogP contribution in [0.3, 0.4) is 0 Å². The number of halogens is 3. The standard InChI is InChI=1S/C42H30F3N/c43-37-7-1-4-34(28-37)13-10-31-16-22-40(23-17-31)46(41-24-18-32(19-25-41)11-14-35-5-2-8-38(44)29-35)42-26-20-33(21-27-42)12-15-36-6-3-9-39(45)30-36/h1-30H. The van der Waals surface area contributed by atoms with E-state index in [2.05, 4.69) is 41.3 Å². The monoisotopic (exact) mass is 605 g/mol. The van der Waals surface area contributed by atoms with Gasteiger partial charge >= 0.3 is 0 Å². The highest BCUT2D eigenvalue weighted by molar-refractivity contribution is 5.80. The van der Waals surface area contributed by atoms with Crippen LogP contribution in [0.1, 0.15) is 33.4 Å². The Kier molecular flexibility index (Phi) is 9.36. The summed E-state index contributed by atoms with van der Waals surface area (Å²) in [5, 5.41) is 0. The molecule has 0 heterocycles. The zero-order chi connectivity index (χ0) is 31.7. The molecule has 6 rings (SSSR count). The normalized spacial score (nSPS) is 11.5. The molecule has 0 aliphatic carbocycles. The Hall–Kier alpha value is -5.87. The summed E-state index contributed by atoms with van der Waals surface area (Å²) in [7, 11) is 0. The highest BCUT2D eigenvalue weighted by Crippen LogP contribution is 2.35. The number of hydrogen-bond donors (Lipinski definition) is 0. The molecule has 0 N–H and O–H groups in total. The molecular weight excluding hydrogens is 575 g/mol. The van der Waals surface area contributed by atoms with Gasteiger partial charge in [-0.1, -0.05) is 109 Å². The molecule has 0 spiro atoms. The Labute approximate surface area is 267 Å². The molecule has 0 aliphatic heterocycles. The van der Waals surface area contributed by atoms with Crippen LogP contribution in [-0.2, 0) is 0 Å². The van der Waals surface area contributed by atoms with E-state index in [-0.39, 0.29) is 17.5 Å². The van der Waals surface area contributed by atoms with Crippen LogP contribution in [0.25, 0.3) is 36.5 Å². The molecular formula is C42H30F3N. The van der Waals surface area contributed by atoms with Crippen molar-refractivity contribution >= 4 is 53.5 Å². The molecule has 6 aromatic carbocycles. The first kappa shape index (κ1) is 30.2. The highest BCUT2D eigenvalue weighted by atomic mass is 19.1. The van der Waals surface area contributed by atoms with E-state index in [1.54, 1.807) is 18.2 Å². The van der Waals surface area contributed by atoms with Gasteiger partial charge in [0.25, 0.3) is 0 Å². The fourth-order valence-electron chi connectivity index (χ4n) is 5.06. The second-order valence-corrected chi connectivity index (χ2v) is 10.8. The van der Waals surface area contributed by atoms with Crippen LogP contribution in [-0.4, -0.2) is 0 Å². The first-order valence-electron chi connectivity index (χ1n) is 14.9. The van der Waals surface area contributed by atoms with Gasteiger partial charge in [-0.15, -0.1) is 0 Å². The van der Waals surface area contributed by atoms with Gasteiger partial charge in [-0.25, -0.2) is 13.2 Å². The summed E-state index contributed by atoms with van der Waals surface area (Å²) < 4.78 is 40.8. The van der Waals surface area contributed by atoms with Crippen molar-refractivity contribution in [1.82, 2.24) is 0 Å². The van der Waals surface area contributed by atoms with Crippen LogP contribution in [0, 0.1) is 17.5 Å². The third-order valence-corrected chi connectivity index (χ3v) is 7.40. The number of anilines is 3. The van der Waals surface area contributed by atoms with Crippen LogP contribution in [0.4, 0.5) is 30.2 Å². The Morgan fingerprint density at radius 1 is 0.304 bits per heavy atom. The Bertz CT molecular complexity index is 1770. The minimum Gasteiger partial charge on any atom is -0.311 e. The predicted molar refractivity (Wildman–Crippen MR) is 187 cm³/mol. The van der Waals surface area contributed by atoms with Gasteiger partial charge in [0.05, 0.1) is 0 Å². The van der Waals surface area contributed by atoms with Gasteiger partial charge < -0.3 is 4.90 Å². The minimum atomic E-state index is -0.265. The van der Waals surface area contributed by atoms with E-state index in [1.165, 1.54) is 36.4 Å². The van der Waals surface area contributed by atoms with Crippen LogP contribution in [0.2, 0.25) is 0 Å².